The molecule has 0 bridgehead atoms. The van der Waals surface area contributed by atoms with E-state index in [9.17, 15) is 14.7 Å². The highest BCUT2D eigenvalue weighted by Gasteiger charge is 2.43. The molecule has 1 aliphatic rings. The van der Waals surface area contributed by atoms with Crippen LogP contribution in [0.25, 0.3) is 0 Å². The molecule has 0 unspecified atom stereocenters. The van der Waals surface area contributed by atoms with Gasteiger partial charge in [0.25, 0.3) is 0 Å². The maximum Gasteiger partial charge on any atom is 0.314 e. The number of hydrogen-bond acceptors (Lipinski definition) is 2. The third-order valence-corrected chi connectivity index (χ3v) is 3.96. The van der Waals surface area contributed by atoms with Crippen molar-refractivity contribution in [2.45, 2.75) is 24.7 Å². The highest BCUT2D eigenvalue weighted by molar-refractivity contribution is 5.83. The van der Waals surface area contributed by atoms with Gasteiger partial charge in [0.2, 0.25) is 5.91 Å². The number of terminal acetylenes is 1. The third kappa shape index (κ3) is 2.53. The van der Waals surface area contributed by atoms with Crippen molar-refractivity contribution in [3.63, 3.8) is 0 Å². The van der Waals surface area contributed by atoms with Crippen LogP contribution in [0.15, 0.2) is 30.3 Å². The van der Waals surface area contributed by atoms with Crippen molar-refractivity contribution in [2.24, 2.45) is 0 Å². The number of carbonyl (C=O) groups is 2. The largest absolute Gasteiger partial charge is 0.481 e. The second-order valence-corrected chi connectivity index (χ2v) is 5.01. The smallest absolute Gasteiger partial charge is 0.314 e. The standard InChI is InChI=1S/C16H17NO3/c1-2-6-14(18)17-11-9-16(10-12-17,15(19)20)13-7-4-3-5-8-13/h1,3-5,7-8H,6,9-12H2,(H,19,20). The van der Waals surface area contributed by atoms with Crippen LogP contribution in [-0.2, 0) is 15.0 Å². The fourth-order valence-electron chi connectivity index (χ4n) is 2.72. The Bertz CT molecular complexity index is 537. The van der Waals surface area contributed by atoms with Gasteiger partial charge in [0, 0.05) is 13.1 Å². The second-order valence-electron chi connectivity index (χ2n) is 5.01. The maximum atomic E-state index is 11.8. The Balaban J connectivity index is 2.18. The van der Waals surface area contributed by atoms with E-state index in [0.717, 1.165) is 5.56 Å². The summed E-state index contributed by atoms with van der Waals surface area (Å²) in [5.41, 5.74) is -0.0923. The Labute approximate surface area is 118 Å². The Morgan fingerprint density at radius 1 is 1.25 bits per heavy atom. The van der Waals surface area contributed by atoms with Crippen LogP contribution in [0.1, 0.15) is 24.8 Å². The molecule has 1 aromatic rings. The van der Waals surface area contributed by atoms with E-state index in [2.05, 4.69) is 5.92 Å². The monoisotopic (exact) mass is 271 g/mol. The van der Waals surface area contributed by atoms with Crippen LogP contribution in [0.5, 0.6) is 0 Å². The average Bonchev–Trinajstić information content (AvgIpc) is 2.48. The lowest BCUT2D eigenvalue weighted by Crippen LogP contribution is -2.49. The number of hydrogen-bond donors (Lipinski definition) is 1. The molecule has 2 rings (SSSR count). The minimum Gasteiger partial charge on any atom is -0.481 e. The summed E-state index contributed by atoms with van der Waals surface area (Å²) < 4.78 is 0. The molecule has 4 nitrogen and oxygen atoms in total. The minimum atomic E-state index is -0.895. The lowest BCUT2D eigenvalue weighted by atomic mass is 9.73. The van der Waals surface area contributed by atoms with Gasteiger partial charge in [-0.15, -0.1) is 6.42 Å². The molecule has 0 atom stereocenters. The second kappa shape index (κ2) is 5.79. The first-order chi connectivity index (χ1) is 9.60. The van der Waals surface area contributed by atoms with E-state index in [1.54, 1.807) is 4.90 Å². The Kier molecular flexibility index (Phi) is 4.09. The van der Waals surface area contributed by atoms with Crippen LogP contribution in [-0.4, -0.2) is 35.0 Å². The molecule has 104 valence electrons. The predicted octanol–water partition coefficient (Wildman–Crippen LogP) is 1.65. The van der Waals surface area contributed by atoms with Gasteiger partial charge in [0.05, 0.1) is 11.8 Å². The van der Waals surface area contributed by atoms with Crippen molar-refractivity contribution in [3.8, 4) is 12.3 Å². The van der Waals surface area contributed by atoms with Crippen molar-refractivity contribution in [1.29, 1.82) is 0 Å². The number of likely N-dealkylation sites (tertiary alicyclic amines) is 1. The topological polar surface area (TPSA) is 57.6 Å². The summed E-state index contributed by atoms with van der Waals surface area (Å²) >= 11 is 0. The number of rotatable bonds is 3. The zero-order valence-corrected chi connectivity index (χ0v) is 11.2. The summed E-state index contributed by atoms with van der Waals surface area (Å²) in [6.07, 6.45) is 6.05. The summed E-state index contributed by atoms with van der Waals surface area (Å²) in [6.45, 7) is 0.864. The van der Waals surface area contributed by atoms with Crippen molar-refractivity contribution in [3.05, 3.63) is 35.9 Å². The van der Waals surface area contributed by atoms with Crippen molar-refractivity contribution >= 4 is 11.9 Å². The fraction of sp³-hybridized carbons (Fsp3) is 0.375. The molecular formula is C16H17NO3. The highest BCUT2D eigenvalue weighted by Crippen LogP contribution is 2.35. The van der Waals surface area contributed by atoms with Gasteiger partial charge in [-0.05, 0) is 18.4 Å². The summed E-state index contributed by atoms with van der Waals surface area (Å²) in [5.74, 6) is 1.41. The van der Waals surface area contributed by atoms with E-state index in [1.807, 2.05) is 30.3 Å². The molecule has 0 aliphatic carbocycles. The molecule has 0 radical (unpaired) electrons. The van der Waals surface area contributed by atoms with E-state index >= 15 is 0 Å². The normalized spacial score (nSPS) is 17.2. The highest BCUT2D eigenvalue weighted by atomic mass is 16.4. The molecule has 20 heavy (non-hydrogen) atoms. The van der Waals surface area contributed by atoms with E-state index in [4.69, 9.17) is 6.42 Å². The minimum absolute atomic E-state index is 0.0748. The summed E-state index contributed by atoms with van der Waals surface area (Å²) in [7, 11) is 0. The molecule has 1 saturated heterocycles. The number of carboxylic acids is 1. The Morgan fingerprint density at radius 3 is 2.35 bits per heavy atom. The molecule has 0 aromatic heterocycles. The van der Waals surface area contributed by atoms with Crippen LogP contribution in [0.4, 0.5) is 0 Å². The van der Waals surface area contributed by atoms with Gasteiger partial charge in [-0.1, -0.05) is 36.3 Å². The van der Waals surface area contributed by atoms with Gasteiger partial charge in [-0.25, -0.2) is 0 Å². The third-order valence-electron chi connectivity index (χ3n) is 3.96. The maximum absolute atomic E-state index is 11.8. The quantitative estimate of drug-likeness (QED) is 0.850. The van der Waals surface area contributed by atoms with Gasteiger partial charge < -0.3 is 10.0 Å². The van der Waals surface area contributed by atoms with E-state index < -0.39 is 11.4 Å². The molecule has 1 fully saturated rings. The van der Waals surface area contributed by atoms with Gasteiger partial charge >= 0.3 is 5.97 Å². The van der Waals surface area contributed by atoms with E-state index in [0.29, 0.717) is 25.9 Å². The van der Waals surface area contributed by atoms with Crippen molar-refractivity contribution in [1.82, 2.24) is 4.90 Å². The number of aliphatic carboxylic acids is 1. The van der Waals surface area contributed by atoms with Crippen molar-refractivity contribution < 1.29 is 14.7 Å². The van der Waals surface area contributed by atoms with E-state index in [1.165, 1.54) is 0 Å². The number of amides is 1. The SMILES string of the molecule is C#CCC(=O)N1CCC(C(=O)O)(c2ccccc2)CC1. The van der Waals surface area contributed by atoms with E-state index in [-0.39, 0.29) is 12.3 Å². The first-order valence-electron chi connectivity index (χ1n) is 6.60. The van der Waals surface area contributed by atoms with Gasteiger partial charge in [0.15, 0.2) is 0 Å². The van der Waals surface area contributed by atoms with Gasteiger partial charge in [-0.2, -0.15) is 0 Å². The fourth-order valence-corrected chi connectivity index (χ4v) is 2.72. The Morgan fingerprint density at radius 2 is 1.85 bits per heavy atom. The van der Waals surface area contributed by atoms with Crippen molar-refractivity contribution in [2.75, 3.05) is 13.1 Å². The zero-order chi connectivity index (χ0) is 14.6. The lowest BCUT2D eigenvalue weighted by molar-refractivity contribution is -0.148. The van der Waals surface area contributed by atoms with Crippen LogP contribution >= 0.6 is 0 Å². The number of benzene rings is 1. The lowest BCUT2D eigenvalue weighted by Gasteiger charge is -2.39. The summed E-state index contributed by atoms with van der Waals surface area (Å²) in [5, 5.41) is 9.63. The number of piperidine rings is 1. The van der Waals surface area contributed by atoms with Gasteiger partial charge in [-0.3, -0.25) is 9.59 Å². The Hall–Kier alpha value is -2.28. The number of carbonyl (C=O) groups excluding carboxylic acids is 1. The molecule has 1 heterocycles. The first-order valence-corrected chi connectivity index (χ1v) is 6.60. The molecular weight excluding hydrogens is 254 g/mol. The van der Waals surface area contributed by atoms with Crippen LogP contribution < -0.4 is 0 Å². The van der Waals surface area contributed by atoms with Crippen LogP contribution in [0, 0.1) is 12.3 Å². The number of nitrogens with zero attached hydrogens (tertiary/aromatic N) is 1. The molecule has 0 spiro atoms. The predicted molar refractivity (Wildman–Crippen MR) is 75.0 cm³/mol. The molecule has 0 saturated carbocycles. The molecule has 1 N–H and O–H groups in total. The average molecular weight is 271 g/mol. The van der Waals surface area contributed by atoms with Crippen LogP contribution in [0.2, 0.25) is 0 Å². The summed E-state index contributed by atoms with van der Waals surface area (Å²) in [4.78, 5) is 25.2. The summed E-state index contributed by atoms with van der Waals surface area (Å²) in [6, 6.07) is 9.23. The molecule has 4 heteroatoms. The number of carboxylic acid groups (broad SMARTS) is 1. The molecule has 1 aliphatic heterocycles. The molecule has 1 amide bonds. The molecule has 1 aromatic carbocycles. The zero-order valence-electron chi connectivity index (χ0n) is 11.2. The first kappa shape index (κ1) is 14.1. The van der Waals surface area contributed by atoms with Crippen LogP contribution in [0.3, 0.4) is 0 Å². The van der Waals surface area contributed by atoms with Gasteiger partial charge in [0.1, 0.15) is 0 Å².